The zero-order valence-corrected chi connectivity index (χ0v) is 8.92. The van der Waals surface area contributed by atoms with Crippen LogP contribution in [0, 0.1) is 0 Å². The summed E-state index contributed by atoms with van der Waals surface area (Å²) in [5, 5.41) is 4.29. The summed E-state index contributed by atoms with van der Waals surface area (Å²) in [5.74, 6) is 0. The molecule has 0 fully saturated rings. The predicted octanol–water partition coefficient (Wildman–Crippen LogP) is 2.45. The lowest BCUT2D eigenvalue weighted by atomic mass is 10.0. The van der Waals surface area contributed by atoms with Gasteiger partial charge in [0.05, 0.1) is 0 Å². The summed E-state index contributed by atoms with van der Waals surface area (Å²) in [6.07, 6.45) is 2.17. The molecule has 1 aromatic rings. The van der Waals surface area contributed by atoms with Crippen molar-refractivity contribution >= 4 is 24.0 Å². The molecule has 1 N–H and O–H groups in total. The summed E-state index contributed by atoms with van der Waals surface area (Å²) in [5.41, 5.74) is 2.75. The Bertz CT molecular complexity index is 286. The number of hydrogen-bond acceptors (Lipinski definition) is 1. The fourth-order valence-corrected chi connectivity index (χ4v) is 1.97. The Hall–Kier alpha value is -0.240. The largest absolute Gasteiger partial charge is 0.316 e. The van der Waals surface area contributed by atoms with Gasteiger partial charge in [0.15, 0.2) is 0 Å². The molecule has 0 aliphatic carbocycles. The molecule has 1 aliphatic rings. The van der Waals surface area contributed by atoms with Crippen molar-refractivity contribution in [3.8, 4) is 0 Å². The van der Waals surface area contributed by atoms with E-state index in [0.717, 1.165) is 31.0 Å². The van der Waals surface area contributed by atoms with Crippen molar-refractivity contribution in [3.63, 3.8) is 0 Å². The van der Waals surface area contributed by atoms with Gasteiger partial charge in [0.25, 0.3) is 0 Å². The van der Waals surface area contributed by atoms with Gasteiger partial charge in [0, 0.05) is 5.02 Å². The number of fused-ring (bicyclic) bond motifs is 1. The Balaban J connectivity index is 0.000000845. The van der Waals surface area contributed by atoms with Crippen molar-refractivity contribution in [3.05, 3.63) is 34.3 Å². The minimum absolute atomic E-state index is 0. The first-order chi connectivity index (χ1) is 5.88. The monoisotopic (exact) mass is 217 g/mol. The Morgan fingerprint density at radius 3 is 2.77 bits per heavy atom. The van der Waals surface area contributed by atoms with Gasteiger partial charge in [0.2, 0.25) is 0 Å². The van der Waals surface area contributed by atoms with Gasteiger partial charge in [-0.05, 0) is 43.1 Å². The van der Waals surface area contributed by atoms with Gasteiger partial charge >= 0.3 is 0 Å². The van der Waals surface area contributed by atoms with Crippen LogP contribution in [-0.2, 0) is 12.8 Å². The van der Waals surface area contributed by atoms with Crippen molar-refractivity contribution < 1.29 is 0 Å². The lowest BCUT2D eigenvalue weighted by Gasteiger charge is -2.05. The van der Waals surface area contributed by atoms with Crippen molar-refractivity contribution in [1.82, 2.24) is 5.32 Å². The zero-order valence-electron chi connectivity index (χ0n) is 7.35. The second kappa shape index (κ2) is 4.85. The Kier molecular flexibility index (Phi) is 4.04. The molecule has 0 spiro atoms. The Morgan fingerprint density at radius 1 is 1.15 bits per heavy atom. The first-order valence-corrected chi connectivity index (χ1v) is 4.73. The summed E-state index contributed by atoms with van der Waals surface area (Å²) in [4.78, 5) is 0. The molecule has 3 heteroatoms. The molecular weight excluding hydrogens is 205 g/mol. The van der Waals surface area contributed by atoms with Crippen LogP contribution in [0.25, 0.3) is 0 Å². The SMILES string of the molecule is Cl.Clc1cccc2c1CCNCC2. The molecule has 0 amide bonds. The van der Waals surface area contributed by atoms with E-state index in [1.165, 1.54) is 11.1 Å². The smallest absolute Gasteiger partial charge is 0.0441 e. The van der Waals surface area contributed by atoms with Crippen LogP contribution in [0.15, 0.2) is 18.2 Å². The highest BCUT2D eigenvalue weighted by Gasteiger charge is 2.09. The van der Waals surface area contributed by atoms with E-state index in [-0.39, 0.29) is 12.4 Å². The minimum atomic E-state index is 0. The number of nitrogens with one attached hydrogen (secondary N) is 1. The number of hydrogen-bond donors (Lipinski definition) is 1. The van der Waals surface area contributed by atoms with Crippen LogP contribution in [-0.4, -0.2) is 13.1 Å². The van der Waals surface area contributed by atoms with E-state index in [4.69, 9.17) is 11.6 Å². The molecule has 13 heavy (non-hydrogen) atoms. The summed E-state index contributed by atoms with van der Waals surface area (Å²) < 4.78 is 0. The van der Waals surface area contributed by atoms with Crippen molar-refractivity contribution in [1.29, 1.82) is 0 Å². The highest BCUT2D eigenvalue weighted by atomic mass is 35.5. The van der Waals surface area contributed by atoms with E-state index in [1.807, 2.05) is 12.1 Å². The molecule has 0 saturated heterocycles. The quantitative estimate of drug-likeness (QED) is 0.705. The molecule has 0 aromatic heterocycles. The van der Waals surface area contributed by atoms with E-state index in [9.17, 15) is 0 Å². The minimum Gasteiger partial charge on any atom is -0.316 e. The van der Waals surface area contributed by atoms with Gasteiger partial charge in [-0.2, -0.15) is 0 Å². The van der Waals surface area contributed by atoms with Crippen LogP contribution in [0.2, 0.25) is 5.02 Å². The highest BCUT2D eigenvalue weighted by molar-refractivity contribution is 6.31. The van der Waals surface area contributed by atoms with E-state index in [1.54, 1.807) is 0 Å². The Labute approximate surface area is 89.9 Å². The van der Waals surface area contributed by atoms with Crippen LogP contribution in [0.3, 0.4) is 0 Å². The molecule has 0 atom stereocenters. The normalized spacial score (nSPS) is 15.5. The second-order valence-electron chi connectivity index (χ2n) is 3.13. The van der Waals surface area contributed by atoms with Gasteiger partial charge in [-0.15, -0.1) is 12.4 Å². The average Bonchev–Trinajstić information content (AvgIpc) is 2.30. The standard InChI is InChI=1S/C10H12ClN.ClH/c11-10-3-1-2-8-4-6-12-7-5-9(8)10;/h1-3,12H,4-7H2;1H. The van der Waals surface area contributed by atoms with E-state index in [0.29, 0.717) is 0 Å². The number of benzene rings is 1. The third-order valence-electron chi connectivity index (χ3n) is 2.34. The molecule has 0 bridgehead atoms. The molecular formula is C10H13Cl2N. The summed E-state index contributed by atoms with van der Waals surface area (Å²) in [6.45, 7) is 2.13. The molecule has 0 saturated carbocycles. The van der Waals surface area contributed by atoms with Crippen molar-refractivity contribution in [2.75, 3.05) is 13.1 Å². The lowest BCUT2D eigenvalue weighted by Crippen LogP contribution is -2.16. The van der Waals surface area contributed by atoms with Crippen LogP contribution in [0.1, 0.15) is 11.1 Å². The van der Waals surface area contributed by atoms with Crippen LogP contribution >= 0.6 is 24.0 Å². The van der Waals surface area contributed by atoms with Crippen molar-refractivity contribution in [2.24, 2.45) is 0 Å². The van der Waals surface area contributed by atoms with Gasteiger partial charge in [-0.3, -0.25) is 0 Å². The Morgan fingerprint density at radius 2 is 1.92 bits per heavy atom. The number of rotatable bonds is 0. The maximum Gasteiger partial charge on any atom is 0.0441 e. The van der Waals surface area contributed by atoms with E-state index >= 15 is 0 Å². The molecule has 1 heterocycles. The van der Waals surface area contributed by atoms with Gasteiger partial charge in [0.1, 0.15) is 0 Å². The van der Waals surface area contributed by atoms with Crippen LogP contribution in [0.5, 0.6) is 0 Å². The third kappa shape index (κ3) is 2.37. The second-order valence-corrected chi connectivity index (χ2v) is 3.53. The van der Waals surface area contributed by atoms with Gasteiger partial charge in [-0.1, -0.05) is 23.7 Å². The molecule has 2 rings (SSSR count). The summed E-state index contributed by atoms with van der Waals surface area (Å²) in [6, 6.07) is 6.19. The highest BCUT2D eigenvalue weighted by Crippen LogP contribution is 2.21. The first-order valence-electron chi connectivity index (χ1n) is 4.35. The molecule has 0 unspecified atom stereocenters. The maximum atomic E-state index is 6.09. The van der Waals surface area contributed by atoms with E-state index in [2.05, 4.69) is 11.4 Å². The topological polar surface area (TPSA) is 12.0 Å². The van der Waals surface area contributed by atoms with Crippen LogP contribution in [0.4, 0.5) is 0 Å². The fraction of sp³-hybridized carbons (Fsp3) is 0.400. The first kappa shape index (κ1) is 10.8. The number of halogens is 2. The lowest BCUT2D eigenvalue weighted by molar-refractivity contribution is 0.711. The maximum absolute atomic E-state index is 6.09. The molecule has 72 valence electrons. The van der Waals surface area contributed by atoms with E-state index < -0.39 is 0 Å². The fourth-order valence-electron chi connectivity index (χ4n) is 1.68. The third-order valence-corrected chi connectivity index (χ3v) is 2.69. The zero-order chi connectivity index (χ0) is 8.39. The van der Waals surface area contributed by atoms with Gasteiger partial charge < -0.3 is 5.32 Å². The predicted molar refractivity (Wildman–Crippen MR) is 59.0 cm³/mol. The van der Waals surface area contributed by atoms with Crippen molar-refractivity contribution in [2.45, 2.75) is 12.8 Å². The summed E-state index contributed by atoms with van der Waals surface area (Å²) >= 11 is 6.09. The molecule has 1 aliphatic heterocycles. The molecule has 1 nitrogen and oxygen atoms in total. The average molecular weight is 218 g/mol. The van der Waals surface area contributed by atoms with Gasteiger partial charge in [-0.25, -0.2) is 0 Å². The van der Waals surface area contributed by atoms with Crippen LogP contribution < -0.4 is 5.32 Å². The molecule has 0 radical (unpaired) electrons. The molecule has 1 aromatic carbocycles. The summed E-state index contributed by atoms with van der Waals surface area (Å²) in [7, 11) is 0.